The lowest BCUT2D eigenvalue weighted by Gasteiger charge is -2.34. The van der Waals surface area contributed by atoms with Gasteiger partial charge in [-0.2, -0.15) is 0 Å². The van der Waals surface area contributed by atoms with E-state index in [0.717, 1.165) is 32.6 Å². The van der Waals surface area contributed by atoms with Crippen molar-refractivity contribution in [3.8, 4) is 0 Å². The lowest BCUT2D eigenvalue weighted by molar-refractivity contribution is -0.148. The minimum Gasteiger partial charge on any atom is -0.377 e. The van der Waals surface area contributed by atoms with Crippen LogP contribution in [0.15, 0.2) is 0 Å². The van der Waals surface area contributed by atoms with E-state index in [-0.39, 0.29) is 12.5 Å². The normalized spacial score (nSPS) is 25.9. The Morgan fingerprint density at radius 3 is 2.89 bits per heavy atom. The summed E-state index contributed by atoms with van der Waals surface area (Å²) in [5, 5.41) is 3.30. The maximum atomic E-state index is 12.3. The van der Waals surface area contributed by atoms with Crippen LogP contribution < -0.4 is 11.1 Å². The van der Waals surface area contributed by atoms with E-state index in [1.165, 1.54) is 0 Å². The van der Waals surface area contributed by atoms with Crippen molar-refractivity contribution in [2.24, 2.45) is 5.73 Å². The van der Waals surface area contributed by atoms with Crippen LogP contribution >= 0.6 is 0 Å². The zero-order chi connectivity index (χ0) is 13.7. The summed E-state index contributed by atoms with van der Waals surface area (Å²) in [5.74, 6) is -0.528. The molecule has 0 aromatic carbocycles. The van der Waals surface area contributed by atoms with E-state index in [1.807, 2.05) is 0 Å². The van der Waals surface area contributed by atoms with Gasteiger partial charge >= 0.3 is 0 Å². The van der Waals surface area contributed by atoms with Crippen molar-refractivity contribution in [1.29, 1.82) is 0 Å². The number of hydrogen-bond donors (Lipinski definition) is 2. The second-order valence-corrected chi connectivity index (χ2v) is 4.96. The third-order valence-electron chi connectivity index (χ3n) is 3.57. The molecule has 1 atom stereocenters. The third kappa shape index (κ3) is 3.89. The molecular weight excluding hydrogens is 248 g/mol. The molecule has 0 radical (unpaired) electrons. The smallest absolute Gasteiger partial charge is 0.242 e. The Labute approximate surface area is 113 Å². The average molecular weight is 270 g/mol. The number of carbonyl (C=O) groups is 2. The van der Waals surface area contributed by atoms with E-state index < -0.39 is 11.9 Å². The molecule has 2 amide bonds. The standard InChI is InChI=1S/C12H22N4O3/c13-12(18)10-9-19-7-6-16(10)11(17)8-15-4-1-2-14-3-5-15/h10,14H,1-9H2,(H2,13,18). The topological polar surface area (TPSA) is 87.9 Å². The monoisotopic (exact) mass is 270 g/mol. The van der Waals surface area contributed by atoms with Gasteiger partial charge in [0.2, 0.25) is 11.8 Å². The molecular formula is C12H22N4O3. The maximum absolute atomic E-state index is 12.3. The molecule has 0 saturated carbocycles. The first-order valence-corrected chi connectivity index (χ1v) is 6.78. The van der Waals surface area contributed by atoms with Crippen molar-refractivity contribution in [3.05, 3.63) is 0 Å². The van der Waals surface area contributed by atoms with Crippen molar-refractivity contribution in [1.82, 2.24) is 15.1 Å². The third-order valence-corrected chi connectivity index (χ3v) is 3.57. The van der Waals surface area contributed by atoms with Crippen LogP contribution in [0.2, 0.25) is 0 Å². The highest BCUT2D eigenvalue weighted by Gasteiger charge is 2.31. The summed E-state index contributed by atoms with van der Waals surface area (Å²) in [7, 11) is 0. The summed E-state index contributed by atoms with van der Waals surface area (Å²) in [5.41, 5.74) is 5.32. The molecule has 1 unspecified atom stereocenters. The number of hydrogen-bond acceptors (Lipinski definition) is 5. The van der Waals surface area contributed by atoms with Gasteiger partial charge in [-0.25, -0.2) is 0 Å². The summed E-state index contributed by atoms with van der Waals surface area (Å²) < 4.78 is 5.22. The van der Waals surface area contributed by atoms with Gasteiger partial charge in [0.1, 0.15) is 6.04 Å². The fourth-order valence-electron chi connectivity index (χ4n) is 2.48. The fraction of sp³-hybridized carbons (Fsp3) is 0.833. The number of ether oxygens (including phenoxy) is 1. The Morgan fingerprint density at radius 2 is 2.11 bits per heavy atom. The average Bonchev–Trinajstić information content (AvgIpc) is 2.67. The molecule has 2 aliphatic heterocycles. The number of primary amides is 1. The second kappa shape index (κ2) is 6.83. The van der Waals surface area contributed by atoms with Crippen LogP contribution in [0.3, 0.4) is 0 Å². The molecule has 0 aromatic rings. The van der Waals surface area contributed by atoms with Gasteiger partial charge in [0, 0.05) is 19.6 Å². The minimum atomic E-state index is -0.619. The van der Waals surface area contributed by atoms with Crippen molar-refractivity contribution >= 4 is 11.8 Å². The van der Waals surface area contributed by atoms with E-state index in [0.29, 0.717) is 19.7 Å². The molecule has 2 aliphatic rings. The molecule has 2 heterocycles. The highest BCUT2D eigenvalue weighted by molar-refractivity contribution is 5.87. The van der Waals surface area contributed by atoms with Crippen LogP contribution in [0.1, 0.15) is 6.42 Å². The Hall–Kier alpha value is -1.18. The first kappa shape index (κ1) is 14.2. The fourth-order valence-corrected chi connectivity index (χ4v) is 2.48. The van der Waals surface area contributed by atoms with Crippen LogP contribution in [0.4, 0.5) is 0 Å². The largest absolute Gasteiger partial charge is 0.377 e. The van der Waals surface area contributed by atoms with Gasteiger partial charge in [-0.15, -0.1) is 0 Å². The number of amides is 2. The van der Waals surface area contributed by atoms with Gasteiger partial charge in [0.25, 0.3) is 0 Å². The van der Waals surface area contributed by atoms with Gasteiger partial charge in [0.15, 0.2) is 0 Å². The lowest BCUT2D eigenvalue weighted by atomic mass is 10.2. The Morgan fingerprint density at radius 1 is 1.26 bits per heavy atom. The van der Waals surface area contributed by atoms with E-state index in [9.17, 15) is 9.59 Å². The van der Waals surface area contributed by atoms with E-state index in [1.54, 1.807) is 4.90 Å². The first-order chi connectivity index (χ1) is 9.18. The Kier molecular flexibility index (Phi) is 5.12. The molecule has 0 spiro atoms. The predicted molar refractivity (Wildman–Crippen MR) is 69.4 cm³/mol. The minimum absolute atomic E-state index is 0.0333. The van der Waals surface area contributed by atoms with E-state index in [4.69, 9.17) is 10.5 Å². The van der Waals surface area contributed by atoms with Gasteiger partial charge < -0.3 is 20.7 Å². The van der Waals surface area contributed by atoms with E-state index >= 15 is 0 Å². The van der Waals surface area contributed by atoms with Crippen molar-refractivity contribution in [3.63, 3.8) is 0 Å². The molecule has 2 saturated heterocycles. The molecule has 2 fully saturated rings. The quantitative estimate of drug-likeness (QED) is 0.619. The molecule has 2 rings (SSSR count). The Balaban J connectivity index is 1.91. The first-order valence-electron chi connectivity index (χ1n) is 6.78. The summed E-state index contributed by atoms with van der Waals surface area (Å²) in [4.78, 5) is 27.3. The predicted octanol–water partition coefficient (Wildman–Crippen LogP) is -2.01. The summed E-state index contributed by atoms with van der Waals surface area (Å²) in [6.45, 7) is 5.13. The molecule has 7 heteroatoms. The molecule has 7 nitrogen and oxygen atoms in total. The van der Waals surface area contributed by atoms with Crippen LogP contribution in [0, 0.1) is 0 Å². The van der Waals surface area contributed by atoms with Crippen molar-refractivity contribution < 1.29 is 14.3 Å². The highest BCUT2D eigenvalue weighted by Crippen LogP contribution is 2.08. The molecule has 0 aliphatic carbocycles. The van der Waals surface area contributed by atoms with Crippen LogP contribution in [0.25, 0.3) is 0 Å². The summed E-state index contributed by atoms with van der Waals surface area (Å²) in [6, 6.07) is -0.619. The number of carbonyl (C=O) groups excluding carboxylic acids is 2. The van der Waals surface area contributed by atoms with Crippen LogP contribution in [-0.4, -0.2) is 80.1 Å². The van der Waals surface area contributed by atoms with Gasteiger partial charge in [-0.05, 0) is 19.5 Å². The van der Waals surface area contributed by atoms with Gasteiger partial charge in [0.05, 0.1) is 19.8 Å². The van der Waals surface area contributed by atoms with Gasteiger partial charge in [-0.1, -0.05) is 0 Å². The zero-order valence-corrected chi connectivity index (χ0v) is 11.1. The molecule has 0 aromatic heterocycles. The van der Waals surface area contributed by atoms with Crippen molar-refractivity contribution in [2.75, 3.05) is 52.5 Å². The lowest BCUT2D eigenvalue weighted by Crippen LogP contribution is -2.56. The second-order valence-electron chi connectivity index (χ2n) is 4.96. The maximum Gasteiger partial charge on any atom is 0.242 e. The molecule has 3 N–H and O–H groups in total. The zero-order valence-electron chi connectivity index (χ0n) is 11.1. The molecule has 108 valence electrons. The number of rotatable bonds is 3. The highest BCUT2D eigenvalue weighted by atomic mass is 16.5. The summed E-state index contributed by atoms with van der Waals surface area (Å²) >= 11 is 0. The molecule has 0 bridgehead atoms. The number of nitrogens with zero attached hydrogens (tertiary/aromatic N) is 2. The SMILES string of the molecule is NC(=O)C1COCCN1C(=O)CN1CCCNCC1. The number of nitrogens with one attached hydrogen (secondary N) is 1. The number of nitrogens with two attached hydrogens (primary N) is 1. The van der Waals surface area contributed by atoms with Gasteiger partial charge in [-0.3, -0.25) is 14.5 Å². The van der Waals surface area contributed by atoms with E-state index in [2.05, 4.69) is 10.2 Å². The van der Waals surface area contributed by atoms with Crippen LogP contribution in [0.5, 0.6) is 0 Å². The molecule has 19 heavy (non-hydrogen) atoms. The van der Waals surface area contributed by atoms with Crippen LogP contribution in [-0.2, 0) is 14.3 Å². The Bertz CT molecular complexity index is 329. The summed E-state index contributed by atoms with van der Waals surface area (Å²) in [6.07, 6.45) is 1.04. The van der Waals surface area contributed by atoms with Crippen molar-refractivity contribution in [2.45, 2.75) is 12.5 Å². The number of morpholine rings is 1.